The summed E-state index contributed by atoms with van der Waals surface area (Å²) in [6.45, 7) is 0.776. The number of nitrogens with zero attached hydrogens (tertiary/aromatic N) is 1. The van der Waals surface area contributed by atoms with E-state index in [1.54, 1.807) is 18.2 Å². The highest BCUT2D eigenvalue weighted by Crippen LogP contribution is 2.41. The second-order valence-corrected chi connectivity index (χ2v) is 6.89. The van der Waals surface area contributed by atoms with Gasteiger partial charge < -0.3 is 19.4 Å². The molecule has 1 aromatic carbocycles. The SMILES string of the molecule is CC(=O)N1[C@@H](C(=O)OCC(=O)Nc2ccccc2F)CS[C@H]1c1ccco1. The quantitative estimate of drug-likeness (QED) is 0.787. The normalized spacial score (nSPS) is 19.0. The fourth-order valence-corrected chi connectivity index (χ4v) is 4.12. The number of ether oxygens (including phenoxy) is 1. The van der Waals surface area contributed by atoms with Gasteiger partial charge in [0, 0.05) is 12.7 Å². The first-order chi connectivity index (χ1) is 13.0. The molecule has 0 aliphatic carbocycles. The molecule has 1 aromatic heterocycles. The highest BCUT2D eigenvalue weighted by Gasteiger charge is 2.43. The molecule has 2 amide bonds. The van der Waals surface area contributed by atoms with Crippen LogP contribution in [0.4, 0.5) is 10.1 Å². The molecule has 0 radical (unpaired) electrons. The van der Waals surface area contributed by atoms with Crippen molar-refractivity contribution in [2.45, 2.75) is 18.3 Å². The Hall–Kier alpha value is -2.81. The average Bonchev–Trinajstić information content (AvgIpc) is 3.30. The van der Waals surface area contributed by atoms with Crippen LogP contribution < -0.4 is 5.32 Å². The number of furan rings is 1. The summed E-state index contributed by atoms with van der Waals surface area (Å²) in [6, 6.07) is 8.26. The van der Waals surface area contributed by atoms with Gasteiger partial charge in [0.2, 0.25) is 5.91 Å². The Balaban J connectivity index is 1.59. The van der Waals surface area contributed by atoms with E-state index >= 15 is 0 Å². The van der Waals surface area contributed by atoms with Gasteiger partial charge in [0.15, 0.2) is 6.61 Å². The molecule has 2 heterocycles. The maximum absolute atomic E-state index is 13.5. The van der Waals surface area contributed by atoms with Crippen molar-refractivity contribution in [2.75, 3.05) is 17.7 Å². The lowest BCUT2D eigenvalue weighted by molar-refractivity contribution is -0.155. The second kappa shape index (κ2) is 8.26. The highest BCUT2D eigenvalue weighted by atomic mass is 32.2. The van der Waals surface area contributed by atoms with Gasteiger partial charge in [0.1, 0.15) is 23.0 Å². The molecule has 2 aromatic rings. The Labute approximate surface area is 158 Å². The third-order valence-corrected chi connectivity index (χ3v) is 5.20. The topological polar surface area (TPSA) is 88.8 Å². The van der Waals surface area contributed by atoms with E-state index in [1.807, 2.05) is 0 Å². The molecule has 0 bridgehead atoms. The number of hydrogen-bond donors (Lipinski definition) is 1. The van der Waals surface area contributed by atoms with Crippen LogP contribution in [0.5, 0.6) is 0 Å². The minimum absolute atomic E-state index is 0.00165. The van der Waals surface area contributed by atoms with Crippen LogP contribution in [0.2, 0.25) is 0 Å². The van der Waals surface area contributed by atoms with Gasteiger partial charge in [-0.15, -0.1) is 11.8 Å². The van der Waals surface area contributed by atoms with E-state index in [1.165, 1.54) is 48.0 Å². The van der Waals surface area contributed by atoms with Gasteiger partial charge in [0.25, 0.3) is 5.91 Å². The minimum atomic E-state index is -0.830. The number of thioether (sulfide) groups is 1. The molecule has 1 saturated heterocycles. The van der Waals surface area contributed by atoms with Gasteiger partial charge in [-0.2, -0.15) is 0 Å². The standard InChI is InChI=1S/C18H17FN2O5S/c1-11(22)21-14(10-27-17(21)15-7-4-8-25-15)18(24)26-9-16(23)20-13-6-3-2-5-12(13)19/h2-8,14,17H,9-10H2,1H3,(H,20,23)/t14-,17+/m1/s1. The van der Waals surface area contributed by atoms with Crippen molar-refractivity contribution in [1.82, 2.24) is 4.90 Å². The average molecular weight is 392 g/mol. The third-order valence-electron chi connectivity index (χ3n) is 3.92. The number of carbonyl (C=O) groups excluding carboxylic acids is 3. The Morgan fingerprint density at radius 1 is 1.30 bits per heavy atom. The van der Waals surface area contributed by atoms with Crippen molar-refractivity contribution >= 4 is 35.2 Å². The second-order valence-electron chi connectivity index (χ2n) is 5.78. The van der Waals surface area contributed by atoms with E-state index in [9.17, 15) is 18.8 Å². The van der Waals surface area contributed by atoms with Crippen molar-refractivity contribution < 1.29 is 27.9 Å². The maximum Gasteiger partial charge on any atom is 0.330 e. The number of para-hydroxylation sites is 1. The van der Waals surface area contributed by atoms with Crippen LogP contribution in [-0.4, -0.2) is 41.1 Å². The zero-order valence-corrected chi connectivity index (χ0v) is 15.2. The Morgan fingerprint density at radius 3 is 2.74 bits per heavy atom. The lowest BCUT2D eigenvalue weighted by Crippen LogP contribution is -2.43. The van der Waals surface area contributed by atoms with Crippen LogP contribution >= 0.6 is 11.8 Å². The predicted molar refractivity (Wildman–Crippen MR) is 96.2 cm³/mol. The number of rotatable bonds is 5. The summed E-state index contributed by atoms with van der Waals surface area (Å²) in [4.78, 5) is 37.7. The molecule has 0 unspecified atom stereocenters. The molecule has 142 valence electrons. The van der Waals surface area contributed by atoms with Gasteiger partial charge in [-0.25, -0.2) is 9.18 Å². The number of hydrogen-bond acceptors (Lipinski definition) is 6. The van der Waals surface area contributed by atoms with E-state index in [-0.39, 0.29) is 11.6 Å². The molecular formula is C18H17FN2O5S. The van der Waals surface area contributed by atoms with Crippen LogP contribution in [-0.2, 0) is 19.1 Å². The zero-order valence-electron chi connectivity index (χ0n) is 14.4. The number of nitrogens with one attached hydrogen (secondary N) is 1. The monoisotopic (exact) mass is 392 g/mol. The summed E-state index contributed by atoms with van der Waals surface area (Å²) in [5.41, 5.74) is -0.00165. The van der Waals surface area contributed by atoms with Crippen molar-refractivity contribution in [3.8, 4) is 0 Å². The fourth-order valence-electron chi connectivity index (χ4n) is 2.71. The Morgan fingerprint density at radius 2 is 2.07 bits per heavy atom. The number of esters is 1. The smallest absolute Gasteiger partial charge is 0.330 e. The van der Waals surface area contributed by atoms with Gasteiger partial charge in [-0.3, -0.25) is 9.59 Å². The number of halogens is 1. The summed E-state index contributed by atoms with van der Waals surface area (Å²) in [7, 11) is 0. The first-order valence-corrected chi connectivity index (χ1v) is 9.17. The third kappa shape index (κ3) is 4.30. The summed E-state index contributed by atoms with van der Waals surface area (Å²) < 4.78 is 23.9. The summed E-state index contributed by atoms with van der Waals surface area (Å²) in [5.74, 6) is -1.39. The molecule has 0 spiro atoms. The van der Waals surface area contributed by atoms with Crippen molar-refractivity contribution in [2.24, 2.45) is 0 Å². The van der Waals surface area contributed by atoms with Crippen LogP contribution in [0.3, 0.4) is 0 Å². The van der Waals surface area contributed by atoms with E-state index in [2.05, 4.69) is 5.32 Å². The summed E-state index contributed by atoms with van der Waals surface area (Å²) in [5, 5.41) is 1.90. The number of amides is 2. The molecular weight excluding hydrogens is 375 g/mol. The minimum Gasteiger partial charge on any atom is -0.466 e. The van der Waals surface area contributed by atoms with Gasteiger partial charge >= 0.3 is 5.97 Å². The van der Waals surface area contributed by atoms with Crippen LogP contribution in [0.25, 0.3) is 0 Å². The van der Waals surface area contributed by atoms with E-state index in [0.717, 1.165) is 0 Å². The molecule has 0 saturated carbocycles. The fraction of sp³-hybridized carbons (Fsp3) is 0.278. The highest BCUT2D eigenvalue weighted by molar-refractivity contribution is 7.99. The molecule has 9 heteroatoms. The number of benzene rings is 1. The number of anilines is 1. The molecule has 27 heavy (non-hydrogen) atoms. The first-order valence-electron chi connectivity index (χ1n) is 8.12. The Bertz CT molecular complexity index is 842. The number of carbonyl (C=O) groups is 3. The van der Waals surface area contributed by atoms with Crippen LogP contribution in [0.1, 0.15) is 18.1 Å². The Kier molecular flexibility index (Phi) is 5.80. The van der Waals surface area contributed by atoms with E-state index in [0.29, 0.717) is 11.5 Å². The van der Waals surface area contributed by atoms with Crippen molar-refractivity contribution in [1.29, 1.82) is 0 Å². The predicted octanol–water partition coefficient (Wildman–Crippen LogP) is 2.56. The summed E-state index contributed by atoms with van der Waals surface area (Å²) >= 11 is 1.37. The van der Waals surface area contributed by atoms with Gasteiger partial charge in [-0.1, -0.05) is 12.1 Å². The van der Waals surface area contributed by atoms with E-state index in [4.69, 9.17) is 9.15 Å². The largest absolute Gasteiger partial charge is 0.466 e. The summed E-state index contributed by atoms with van der Waals surface area (Å²) in [6.07, 6.45) is 1.49. The molecule has 2 atom stereocenters. The zero-order chi connectivity index (χ0) is 19.4. The van der Waals surface area contributed by atoms with Crippen LogP contribution in [0.15, 0.2) is 47.1 Å². The molecule has 1 N–H and O–H groups in total. The van der Waals surface area contributed by atoms with Crippen molar-refractivity contribution in [3.05, 3.63) is 54.2 Å². The lowest BCUT2D eigenvalue weighted by atomic mass is 10.2. The molecule has 1 aliphatic heterocycles. The first kappa shape index (κ1) is 19.0. The van der Waals surface area contributed by atoms with Crippen molar-refractivity contribution in [3.63, 3.8) is 0 Å². The molecule has 1 fully saturated rings. The lowest BCUT2D eigenvalue weighted by Gasteiger charge is -2.25. The van der Waals surface area contributed by atoms with Crippen LogP contribution in [0, 0.1) is 5.82 Å². The van der Waals surface area contributed by atoms with Gasteiger partial charge in [-0.05, 0) is 24.3 Å². The molecule has 7 nitrogen and oxygen atoms in total. The van der Waals surface area contributed by atoms with E-state index < -0.39 is 35.7 Å². The maximum atomic E-state index is 13.5. The van der Waals surface area contributed by atoms with Gasteiger partial charge in [0.05, 0.1) is 12.0 Å². The molecule has 1 aliphatic rings. The molecule has 3 rings (SSSR count).